The van der Waals surface area contributed by atoms with Crippen LogP contribution in [-0.2, 0) is 0 Å². The van der Waals surface area contributed by atoms with Gasteiger partial charge in [0.05, 0.1) is 6.10 Å². The van der Waals surface area contributed by atoms with Gasteiger partial charge in [0.15, 0.2) is 11.6 Å². The predicted octanol–water partition coefficient (Wildman–Crippen LogP) is 2.87. The van der Waals surface area contributed by atoms with Gasteiger partial charge in [0.2, 0.25) is 0 Å². The molecule has 3 unspecified atom stereocenters. The molecular formula is C15H19F2NO. The van der Waals surface area contributed by atoms with Gasteiger partial charge in [0, 0.05) is 24.7 Å². The van der Waals surface area contributed by atoms with E-state index in [9.17, 15) is 13.9 Å². The molecule has 3 atom stereocenters. The third kappa shape index (κ3) is 2.51. The molecule has 0 spiro atoms. The number of halogens is 2. The molecule has 1 aliphatic carbocycles. The largest absolute Gasteiger partial charge is 0.388 e. The average molecular weight is 267 g/mol. The van der Waals surface area contributed by atoms with Crippen LogP contribution in [0.5, 0.6) is 0 Å². The lowest BCUT2D eigenvalue weighted by Gasteiger charge is -2.27. The molecule has 1 N–H and O–H groups in total. The van der Waals surface area contributed by atoms with E-state index in [0.29, 0.717) is 12.5 Å². The van der Waals surface area contributed by atoms with Crippen LogP contribution in [0.4, 0.5) is 8.78 Å². The SMILES string of the molecule is OC(CCN1CC2CCC1C2)c1cccc(F)c1F. The van der Waals surface area contributed by atoms with Crippen LogP contribution in [0.15, 0.2) is 18.2 Å². The summed E-state index contributed by atoms with van der Waals surface area (Å²) < 4.78 is 26.7. The first-order valence-electron chi connectivity index (χ1n) is 7.01. The van der Waals surface area contributed by atoms with Crippen molar-refractivity contribution < 1.29 is 13.9 Å². The maximum atomic E-state index is 13.6. The number of aliphatic hydroxyl groups is 1. The van der Waals surface area contributed by atoms with Crippen LogP contribution < -0.4 is 0 Å². The minimum absolute atomic E-state index is 0.0735. The lowest BCUT2D eigenvalue weighted by molar-refractivity contribution is 0.125. The Morgan fingerprint density at radius 2 is 2.16 bits per heavy atom. The molecule has 2 fully saturated rings. The van der Waals surface area contributed by atoms with Crippen molar-refractivity contribution in [2.45, 2.75) is 37.8 Å². The fourth-order valence-electron chi connectivity index (χ4n) is 3.52. The summed E-state index contributed by atoms with van der Waals surface area (Å²) in [6.07, 6.45) is 3.38. The Balaban J connectivity index is 1.59. The molecule has 1 aromatic rings. The molecule has 0 radical (unpaired) electrons. The molecule has 1 aromatic carbocycles. The van der Waals surface area contributed by atoms with Crippen molar-refractivity contribution in [3.05, 3.63) is 35.4 Å². The van der Waals surface area contributed by atoms with Crippen molar-refractivity contribution >= 4 is 0 Å². The summed E-state index contributed by atoms with van der Waals surface area (Å²) >= 11 is 0. The zero-order chi connectivity index (χ0) is 13.4. The van der Waals surface area contributed by atoms with Crippen molar-refractivity contribution in [3.63, 3.8) is 0 Å². The monoisotopic (exact) mass is 267 g/mol. The van der Waals surface area contributed by atoms with Crippen LogP contribution in [0.3, 0.4) is 0 Å². The lowest BCUT2D eigenvalue weighted by Crippen LogP contribution is -2.33. The molecule has 19 heavy (non-hydrogen) atoms. The Hall–Kier alpha value is -1.00. The second-order valence-corrected chi connectivity index (χ2v) is 5.78. The molecule has 1 aliphatic heterocycles. The highest BCUT2D eigenvalue weighted by molar-refractivity contribution is 5.21. The molecule has 2 aliphatic rings. The van der Waals surface area contributed by atoms with E-state index < -0.39 is 17.7 Å². The minimum atomic E-state index is -0.921. The van der Waals surface area contributed by atoms with Gasteiger partial charge in [-0.05, 0) is 37.7 Å². The van der Waals surface area contributed by atoms with Crippen molar-refractivity contribution in [2.24, 2.45) is 5.92 Å². The van der Waals surface area contributed by atoms with E-state index in [4.69, 9.17) is 0 Å². The summed E-state index contributed by atoms with van der Waals surface area (Å²) in [6, 6.07) is 4.62. The van der Waals surface area contributed by atoms with Crippen LogP contribution in [0, 0.1) is 17.6 Å². The van der Waals surface area contributed by atoms with E-state index in [-0.39, 0.29) is 5.56 Å². The highest BCUT2D eigenvalue weighted by Gasteiger charge is 2.37. The maximum Gasteiger partial charge on any atom is 0.164 e. The number of piperidine rings is 1. The molecule has 1 saturated carbocycles. The molecule has 1 saturated heterocycles. The molecule has 4 heteroatoms. The molecule has 2 bridgehead atoms. The quantitative estimate of drug-likeness (QED) is 0.906. The standard InChI is InChI=1S/C15H19F2NO/c16-13-3-1-2-12(15(13)17)14(19)6-7-18-9-10-4-5-11(18)8-10/h1-3,10-11,14,19H,4-9H2. The van der Waals surface area contributed by atoms with Crippen LogP contribution >= 0.6 is 0 Å². The fourth-order valence-corrected chi connectivity index (χ4v) is 3.52. The third-order valence-electron chi connectivity index (χ3n) is 4.55. The van der Waals surface area contributed by atoms with E-state index in [1.54, 1.807) is 0 Å². The first-order valence-corrected chi connectivity index (χ1v) is 7.01. The average Bonchev–Trinajstić information content (AvgIpc) is 3.01. The van der Waals surface area contributed by atoms with E-state index in [1.165, 1.54) is 31.4 Å². The van der Waals surface area contributed by atoms with E-state index in [0.717, 1.165) is 25.1 Å². The van der Waals surface area contributed by atoms with Crippen molar-refractivity contribution in [3.8, 4) is 0 Å². The van der Waals surface area contributed by atoms with Crippen molar-refractivity contribution in [1.82, 2.24) is 4.90 Å². The van der Waals surface area contributed by atoms with Gasteiger partial charge in [0.25, 0.3) is 0 Å². The number of hydrogen-bond acceptors (Lipinski definition) is 2. The second-order valence-electron chi connectivity index (χ2n) is 5.78. The molecule has 0 amide bonds. The Labute approximate surface area is 112 Å². The Kier molecular flexibility index (Phi) is 3.54. The molecule has 0 aromatic heterocycles. The van der Waals surface area contributed by atoms with Crippen molar-refractivity contribution in [1.29, 1.82) is 0 Å². The Bertz CT molecular complexity index is 465. The fraction of sp³-hybridized carbons (Fsp3) is 0.600. The summed E-state index contributed by atoms with van der Waals surface area (Å²) in [5, 5.41) is 10.0. The van der Waals surface area contributed by atoms with Gasteiger partial charge < -0.3 is 5.11 Å². The number of fused-ring (bicyclic) bond motifs is 2. The summed E-state index contributed by atoms with van der Waals surface area (Å²) in [5.41, 5.74) is 0.0735. The highest BCUT2D eigenvalue weighted by atomic mass is 19.2. The second kappa shape index (κ2) is 5.17. The van der Waals surface area contributed by atoms with E-state index in [1.807, 2.05) is 0 Å². The van der Waals surface area contributed by atoms with Gasteiger partial charge in [0.1, 0.15) is 0 Å². The lowest BCUT2D eigenvalue weighted by atomic mass is 10.0. The molecule has 1 heterocycles. The number of likely N-dealkylation sites (tertiary alicyclic amines) is 1. The van der Waals surface area contributed by atoms with Crippen LogP contribution in [-0.4, -0.2) is 29.1 Å². The van der Waals surface area contributed by atoms with Crippen LogP contribution in [0.1, 0.15) is 37.4 Å². The smallest absolute Gasteiger partial charge is 0.164 e. The predicted molar refractivity (Wildman–Crippen MR) is 68.6 cm³/mol. The number of benzene rings is 1. The van der Waals surface area contributed by atoms with E-state index >= 15 is 0 Å². The Morgan fingerprint density at radius 1 is 1.32 bits per heavy atom. The zero-order valence-electron chi connectivity index (χ0n) is 10.9. The summed E-state index contributed by atoms with van der Waals surface area (Å²) in [6.45, 7) is 1.86. The van der Waals surface area contributed by atoms with Crippen molar-refractivity contribution in [2.75, 3.05) is 13.1 Å². The molecule has 3 rings (SSSR count). The summed E-state index contributed by atoms with van der Waals surface area (Å²) in [5.74, 6) is -0.997. The van der Waals surface area contributed by atoms with E-state index in [2.05, 4.69) is 4.90 Å². The van der Waals surface area contributed by atoms with Gasteiger partial charge in [-0.3, -0.25) is 4.90 Å². The van der Waals surface area contributed by atoms with Gasteiger partial charge >= 0.3 is 0 Å². The normalized spacial score (nSPS) is 27.9. The minimum Gasteiger partial charge on any atom is -0.388 e. The summed E-state index contributed by atoms with van der Waals surface area (Å²) in [7, 11) is 0. The first kappa shape index (κ1) is 13.0. The zero-order valence-corrected chi connectivity index (χ0v) is 10.9. The number of aliphatic hydroxyl groups excluding tert-OH is 1. The van der Waals surface area contributed by atoms with Crippen LogP contribution in [0.25, 0.3) is 0 Å². The van der Waals surface area contributed by atoms with Gasteiger partial charge in [-0.1, -0.05) is 12.1 Å². The van der Waals surface area contributed by atoms with Gasteiger partial charge in [-0.2, -0.15) is 0 Å². The molecule has 104 valence electrons. The number of hydrogen-bond donors (Lipinski definition) is 1. The van der Waals surface area contributed by atoms with Gasteiger partial charge in [-0.15, -0.1) is 0 Å². The highest BCUT2D eigenvalue weighted by Crippen LogP contribution is 2.37. The van der Waals surface area contributed by atoms with Gasteiger partial charge in [-0.25, -0.2) is 8.78 Å². The van der Waals surface area contributed by atoms with Crippen LogP contribution in [0.2, 0.25) is 0 Å². The first-order chi connectivity index (χ1) is 9.15. The number of nitrogens with zero attached hydrogens (tertiary/aromatic N) is 1. The third-order valence-corrected chi connectivity index (χ3v) is 4.55. The maximum absolute atomic E-state index is 13.6. The topological polar surface area (TPSA) is 23.5 Å². The molecule has 2 nitrogen and oxygen atoms in total. The Morgan fingerprint density at radius 3 is 2.84 bits per heavy atom. The molecular weight excluding hydrogens is 248 g/mol. The summed E-state index contributed by atoms with van der Waals surface area (Å²) in [4.78, 5) is 2.38. The number of rotatable bonds is 4.